The van der Waals surface area contributed by atoms with Gasteiger partial charge in [-0.15, -0.1) is 0 Å². The number of amides is 1. The molecule has 1 fully saturated rings. The Morgan fingerprint density at radius 3 is 2.21 bits per heavy atom. The van der Waals surface area contributed by atoms with E-state index < -0.39 is 5.54 Å². The topological polar surface area (TPSA) is 61.6 Å². The van der Waals surface area contributed by atoms with Crippen LogP contribution in [0.3, 0.4) is 0 Å². The summed E-state index contributed by atoms with van der Waals surface area (Å²) in [4.78, 5) is 15.9. The zero-order valence-corrected chi connectivity index (χ0v) is 9.21. The number of hydrogen-bond donors (Lipinski definition) is 2. The number of nitrogens with zero attached hydrogens (tertiary/aromatic N) is 2. The monoisotopic (exact) mass is 200 g/mol. The maximum absolute atomic E-state index is 11.5. The van der Waals surface area contributed by atoms with Crippen molar-refractivity contribution < 1.29 is 4.79 Å². The predicted molar refractivity (Wildman–Crippen MR) is 55.5 cm³/mol. The van der Waals surface area contributed by atoms with Crippen molar-refractivity contribution in [1.82, 2.24) is 15.2 Å². The summed E-state index contributed by atoms with van der Waals surface area (Å²) in [6, 6.07) is 0. The van der Waals surface area contributed by atoms with E-state index in [9.17, 15) is 4.79 Å². The van der Waals surface area contributed by atoms with E-state index in [4.69, 9.17) is 5.84 Å². The molecule has 0 unspecified atom stereocenters. The third-order valence-electron chi connectivity index (χ3n) is 2.98. The van der Waals surface area contributed by atoms with Crippen molar-refractivity contribution >= 4 is 5.91 Å². The molecule has 0 radical (unpaired) electrons. The fraction of sp³-hybridized carbons (Fsp3) is 0.889. The highest BCUT2D eigenvalue weighted by molar-refractivity contribution is 5.84. The maximum Gasteiger partial charge on any atom is 0.253 e. The Bertz CT molecular complexity index is 209. The highest BCUT2D eigenvalue weighted by Gasteiger charge is 2.35. The van der Waals surface area contributed by atoms with Gasteiger partial charge in [-0.1, -0.05) is 0 Å². The Balaban J connectivity index is 2.59. The molecule has 1 aliphatic heterocycles. The van der Waals surface area contributed by atoms with Gasteiger partial charge in [-0.05, 0) is 20.9 Å². The molecule has 0 aromatic heterocycles. The molecule has 1 heterocycles. The lowest BCUT2D eigenvalue weighted by atomic mass is 10.0. The molecular weight excluding hydrogens is 180 g/mol. The second-order valence-corrected chi connectivity index (χ2v) is 4.32. The Hall–Kier alpha value is -0.650. The van der Waals surface area contributed by atoms with E-state index in [0.717, 1.165) is 26.2 Å². The molecule has 0 aliphatic carbocycles. The summed E-state index contributed by atoms with van der Waals surface area (Å²) in [7, 11) is 2.09. The summed E-state index contributed by atoms with van der Waals surface area (Å²) in [6.07, 6.45) is 0. The van der Waals surface area contributed by atoms with Crippen LogP contribution in [0.4, 0.5) is 0 Å². The first-order chi connectivity index (χ1) is 6.48. The second-order valence-electron chi connectivity index (χ2n) is 4.32. The Morgan fingerprint density at radius 2 is 1.79 bits per heavy atom. The highest BCUT2D eigenvalue weighted by atomic mass is 16.2. The normalized spacial score (nSPS) is 20.9. The van der Waals surface area contributed by atoms with Crippen LogP contribution in [0.15, 0.2) is 0 Å². The number of hydrazine groups is 1. The fourth-order valence-electron chi connectivity index (χ4n) is 1.69. The van der Waals surface area contributed by atoms with Crippen LogP contribution >= 0.6 is 0 Å². The molecule has 5 nitrogen and oxygen atoms in total. The van der Waals surface area contributed by atoms with Gasteiger partial charge >= 0.3 is 0 Å². The number of carbonyl (C=O) groups is 1. The summed E-state index contributed by atoms with van der Waals surface area (Å²) in [6.45, 7) is 7.64. The molecule has 1 aliphatic rings. The van der Waals surface area contributed by atoms with Crippen LogP contribution in [0.2, 0.25) is 0 Å². The van der Waals surface area contributed by atoms with Crippen LogP contribution in [0.5, 0.6) is 0 Å². The molecule has 0 spiro atoms. The molecule has 0 bridgehead atoms. The van der Waals surface area contributed by atoms with Crippen LogP contribution in [0.25, 0.3) is 0 Å². The quantitative estimate of drug-likeness (QED) is 0.341. The van der Waals surface area contributed by atoms with Gasteiger partial charge in [0.1, 0.15) is 0 Å². The average Bonchev–Trinajstić information content (AvgIpc) is 2.17. The largest absolute Gasteiger partial charge is 0.304 e. The first-order valence-electron chi connectivity index (χ1n) is 4.93. The van der Waals surface area contributed by atoms with E-state index >= 15 is 0 Å². The minimum absolute atomic E-state index is 0.123. The molecule has 82 valence electrons. The first-order valence-corrected chi connectivity index (χ1v) is 4.93. The molecule has 0 aromatic rings. The molecule has 1 amide bonds. The van der Waals surface area contributed by atoms with Crippen molar-refractivity contribution in [2.45, 2.75) is 19.4 Å². The van der Waals surface area contributed by atoms with E-state index in [1.54, 1.807) is 0 Å². The van der Waals surface area contributed by atoms with Gasteiger partial charge in [0, 0.05) is 26.2 Å². The molecule has 1 saturated heterocycles. The number of likely N-dealkylation sites (N-methyl/N-ethyl adjacent to an activating group) is 1. The van der Waals surface area contributed by atoms with Crippen LogP contribution < -0.4 is 11.3 Å². The molecule has 0 aromatic carbocycles. The third kappa shape index (κ3) is 2.23. The molecule has 0 saturated carbocycles. The molecule has 1 rings (SSSR count). The minimum Gasteiger partial charge on any atom is -0.304 e. The standard InChI is InChI=1S/C9H20N4O/c1-9(2,8(14)11-10)13-6-4-12(3)5-7-13/h4-7,10H2,1-3H3,(H,11,14). The van der Waals surface area contributed by atoms with Gasteiger partial charge in [-0.2, -0.15) is 0 Å². The summed E-state index contributed by atoms with van der Waals surface area (Å²) < 4.78 is 0. The number of rotatable bonds is 2. The molecule has 0 atom stereocenters. The van der Waals surface area contributed by atoms with Gasteiger partial charge in [0.05, 0.1) is 5.54 Å². The lowest BCUT2D eigenvalue weighted by molar-refractivity contribution is -0.132. The summed E-state index contributed by atoms with van der Waals surface area (Å²) in [5, 5.41) is 0. The molecule has 3 N–H and O–H groups in total. The van der Waals surface area contributed by atoms with Crippen molar-refractivity contribution in [3.05, 3.63) is 0 Å². The SMILES string of the molecule is CN1CCN(C(C)(C)C(=O)NN)CC1. The molecule has 14 heavy (non-hydrogen) atoms. The van der Waals surface area contributed by atoms with E-state index in [1.807, 2.05) is 13.8 Å². The number of carbonyl (C=O) groups excluding carboxylic acids is 1. The maximum atomic E-state index is 11.5. The van der Waals surface area contributed by atoms with Crippen LogP contribution in [0.1, 0.15) is 13.8 Å². The van der Waals surface area contributed by atoms with Crippen LogP contribution in [0, 0.1) is 0 Å². The first kappa shape index (κ1) is 11.4. The van der Waals surface area contributed by atoms with Crippen LogP contribution in [-0.4, -0.2) is 54.5 Å². The number of nitrogens with two attached hydrogens (primary N) is 1. The van der Waals surface area contributed by atoms with Crippen molar-refractivity contribution in [2.75, 3.05) is 33.2 Å². The summed E-state index contributed by atoms with van der Waals surface area (Å²) in [5.41, 5.74) is 1.72. The zero-order valence-electron chi connectivity index (χ0n) is 9.21. The van der Waals surface area contributed by atoms with E-state index in [-0.39, 0.29) is 5.91 Å². The van der Waals surface area contributed by atoms with E-state index in [2.05, 4.69) is 22.3 Å². The second kappa shape index (κ2) is 4.25. The predicted octanol–water partition coefficient (Wildman–Crippen LogP) is -0.998. The number of piperazine rings is 1. The van der Waals surface area contributed by atoms with Crippen molar-refractivity contribution in [2.24, 2.45) is 5.84 Å². The lowest BCUT2D eigenvalue weighted by Crippen LogP contribution is -2.61. The van der Waals surface area contributed by atoms with Crippen molar-refractivity contribution in [1.29, 1.82) is 0 Å². The fourth-order valence-corrected chi connectivity index (χ4v) is 1.69. The van der Waals surface area contributed by atoms with E-state index in [0.29, 0.717) is 0 Å². The van der Waals surface area contributed by atoms with Crippen molar-refractivity contribution in [3.8, 4) is 0 Å². The zero-order chi connectivity index (χ0) is 10.8. The Kier molecular flexibility index (Phi) is 3.47. The van der Waals surface area contributed by atoms with Gasteiger partial charge in [0.25, 0.3) is 5.91 Å². The Morgan fingerprint density at radius 1 is 1.29 bits per heavy atom. The van der Waals surface area contributed by atoms with Crippen LogP contribution in [-0.2, 0) is 4.79 Å². The number of nitrogens with one attached hydrogen (secondary N) is 1. The molecule has 5 heteroatoms. The number of hydrogen-bond acceptors (Lipinski definition) is 4. The highest BCUT2D eigenvalue weighted by Crippen LogP contribution is 2.16. The van der Waals surface area contributed by atoms with Gasteiger partial charge < -0.3 is 4.90 Å². The van der Waals surface area contributed by atoms with Gasteiger partial charge in [-0.3, -0.25) is 15.1 Å². The summed E-state index contributed by atoms with van der Waals surface area (Å²) >= 11 is 0. The Labute approximate surface area is 85.2 Å². The van der Waals surface area contributed by atoms with Gasteiger partial charge in [0.15, 0.2) is 0 Å². The minimum atomic E-state index is -0.504. The van der Waals surface area contributed by atoms with Gasteiger partial charge in [0.2, 0.25) is 0 Å². The van der Waals surface area contributed by atoms with E-state index in [1.165, 1.54) is 0 Å². The smallest absolute Gasteiger partial charge is 0.253 e. The molecular formula is C9H20N4O. The van der Waals surface area contributed by atoms with Crippen molar-refractivity contribution in [3.63, 3.8) is 0 Å². The lowest BCUT2D eigenvalue weighted by Gasteiger charge is -2.41. The van der Waals surface area contributed by atoms with Gasteiger partial charge in [-0.25, -0.2) is 5.84 Å². The summed E-state index contributed by atoms with van der Waals surface area (Å²) in [5.74, 6) is 5.03. The third-order valence-corrected chi connectivity index (χ3v) is 2.98. The average molecular weight is 200 g/mol.